The average molecular weight is 309 g/mol. The molecule has 0 aliphatic heterocycles. The summed E-state index contributed by atoms with van der Waals surface area (Å²) in [5.74, 6) is 1.64. The Morgan fingerprint density at radius 2 is 2.04 bits per heavy atom. The van der Waals surface area contributed by atoms with Crippen molar-refractivity contribution in [3.63, 3.8) is 0 Å². The molecule has 0 spiro atoms. The molecule has 0 fully saturated rings. The minimum Gasteiger partial charge on any atom is -0.465 e. The van der Waals surface area contributed by atoms with Crippen LogP contribution < -0.4 is 5.32 Å². The number of nitrogens with zero attached hydrogens (tertiary/aromatic N) is 2. The van der Waals surface area contributed by atoms with E-state index in [0.717, 1.165) is 17.0 Å². The van der Waals surface area contributed by atoms with Crippen molar-refractivity contribution in [2.75, 3.05) is 5.32 Å². The molecular weight excluding hydrogens is 294 g/mol. The lowest BCUT2D eigenvalue weighted by atomic mass is 10.1. The van der Waals surface area contributed by atoms with Crippen LogP contribution in [0.5, 0.6) is 0 Å². The van der Waals surface area contributed by atoms with E-state index in [2.05, 4.69) is 15.5 Å². The Morgan fingerprint density at radius 1 is 1.22 bits per heavy atom. The SMILES string of the molecule is CC(=O)Nc1ccc(Cc2noc(/C=C/c3ccco3)n2)cc1. The predicted molar refractivity (Wildman–Crippen MR) is 85.5 cm³/mol. The first kappa shape index (κ1) is 14.8. The number of benzene rings is 1. The Hall–Kier alpha value is -3.15. The summed E-state index contributed by atoms with van der Waals surface area (Å²) in [6.45, 7) is 1.48. The number of amides is 1. The minimum atomic E-state index is -0.0936. The summed E-state index contributed by atoms with van der Waals surface area (Å²) in [5, 5.41) is 6.67. The molecule has 0 bridgehead atoms. The van der Waals surface area contributed by atoms with Gasteiger partial charge in [0, 0.05) is 25.1 Å². The van der Waals surface area contributed by atoms with Gasteiger partial charge in [-0.1, -0.05) is 17.3 Å². The first-order valence-electron chi connectivity index (χ1n) is 7.10. The van der Waals surface area contributed by atoms with Crippen molar-refractivity contribution in [1.29, 1.82) is 0 Å². The zero-order valence-corrected chi connectivity index (χ0v) is 12.5. The molecule has 0 aliphatic rings. The van der Waals surface area contributed by atoms with E-state index in [1.165, 1.54) is 6.92 Å². The molecule has 0 saturated carbocycles. The van der Waals surface area contributed by atoms with Gasteiger partial charge < -0.3 is 14.3 Å². The highest BCUT2D eigenvalue weighted by Crippen LogP contribution is 2.13. The molecule has 1 N–H and O–H groups in total. The van der Waals surface area contributed by atoms with Crippen molar-refractivity contribution in [2.45, 2.75) is 13.3 Å². The molecule has 23 heavy (non-hydrogen) atoms. The maximum Gasteiger partial charge on any atom is 0.250 e. The van der Waals surface area contributed by atoms with Crippen LogP contribution >= 0.6 is 0 Å². The molecule has 2 aromatic heterocycles. The van der Waals surface area contributed by atoms with E-state index in [0.29, 0.717) is 18.1 Å². The van der Waals surface area contributed by atoms with Crippen molar-refractivity contribution in [2.24, 2.45) is 0 Å². The van der Waals surface area contributed by atoms with Crippen molar-refractivity contribution in [1.82, 2.24) is 10.1 Å². The highest BCUT2D eigenvalue weighted by molar-refractivity contribution is 5.88. The Bertz CT molecular complexity index is 802. The maximum absolute atomic E-state index is 11.0. The van der Waals surface area contributed by atoms with Crippen LogP contribution in [0.1, 0.15) is 30.0 Å². The molecule has 0 atom stereocenters. The van der Waals surface area contributed by atoms with Crippen LogP contribution in [-0.4, -0.2) is 16.0 Å². The number of hydrogen-bond donors (Lipinski definition) is 1. The van der Waals surface area contributed by atoms with E-state index < -0.39 is 0 Å². The predicted octanol–water partition coefficient (Wildman–Crippen LogP) is 3.38. The minimum absolute atomic E-state index is 0.0936. The van der Waals surface area contributed by atoms with Gasteiger partial charge in [0.05, 0.1) is 6.26 Å². The van der Waals surface area contributed by atoms with Gasteiger partial charge in [-0.3, -0.25) is 4.79 Å². The van der Waals surface area contributed by atoms with Gasteiger partial charge in [-0.25, -0.2) is 0 Å². The lowest BCUT2D eigenvalue weighted by molar-refractivity contribution is -0.114. The van der Waals surface area contributed by atoms with Crippen LogP contribution in [0, 0.1) is 0 Å². The van der Waals surface area contributed by atoms with Crippen LogP contribution in [-0.2, 0) is 11.2 Å². The summed E-state index contributed by atoms with van der Waals surface area (Å²) in [4.78, 5) is 15.3. The summed E-state index contributed by atoms with van der Waals surface area (Å²) in [5.41, 5.74) is 1.79. The molecule has 2 heterocycles. The second-order valence-corrected chi connectivity index (χ2v) is 4.95. The highest BCUT2D eigenvalue weighted by atomic mass is 16.5. The molecule has 116 valence electrons. The fraction of sp³-hybridized carbons (Fsp3) is 0.118. The summed E-state index contributed by atoms with van der Waals surface area (Å²) in [7, 11) is 0. The van der Waals surface area contributed by atoms with Crippen LogP contribution in [0.4, 0.5) is 5.69 Å². The van der Waals surface area contributed by atoms with Gasteiger partial charge in [0.2, 0.25) is 5.91 Å². The summed E-state index contributed by atoms with van der Waals surface area (Å²) in [6.07, 6.45) is 5.62. The number of carbonyl (C=O) groups is 1. The molecule has 0 unspecified atom stereocenters. The Morgan fingerprint density at radius 3 is 2.74 bits per heavy atom. The lowest BCUT2D eigenvalue weighted by Crippen LogP contribution is -2.05. The van der Waals surface area contributed by atoms with E-state index in [-0.39, 0.29) is 5.91 Å². The van der Waals surface area contributed by atoms with Gasteiger partial charge in [-0.2, -0.15) is 4.98 Å². The topological polar surface area (TPSA) is 81.2 Å². The van der Waals surface area contributed by atoms with Gasteiger partial charge in [0.1, 0.15) is 5.76 Å². The number of furan rings is 1. The van der Waals surface area contributed by atoms with Crippen LogP contribution in [0.15, 0.2) is 51.6 Å². The number of hydrogen-bond acceptors (Lipinski definition) is 5. The van der Waals surface area contributed by atoms with Gasteiger partial charge in [-0.15, -0.1) is 0 Å². The second kappa shape index (κ2) is 6.74. The molecule has 0 saturated heterocycles. The average Bonchev–Trinajstić information content (AvgIpc) is 3.18. The molecule has 3 aromatic rings. The second-order valence-electron chi connectivity index (χ2n) is 4.95. The third-order valence-corrected chi connectivity index (χ3v) is 3.05. The first-order chi connectivity index (χ1) is 11.2. The van der Waals surface area contributed by atoms with Crippen molar-refractivity contribution < 1.29 is 13.7 Å². The Labute approximate surface area is 132 Å². The number of aromatic nitrogens is 2. The number of nitrogens with one attached hydrogen (secondary N) is 1. The van der Waals surface area contributed by atoms with E-state index in [4.69, 9.17) is 8.94 Å². The number of anilines is 1. The first-order valence-corrected chi connectivity index (χ1v) is 7.10. The number of carbonyl (C=O) groups excluding carboxylic acids is 1. The third kappa shape index (κ3) is 4.16. The highest BCUT2D eigenvalue weighted by Gasteiger charge is 2.05. The van der Waals surface area contributed by atoms with Crippen molar-refractivity contribution in [3.8, 4) is 0 Å². The molecule has 6 heteroatoms. The van der Waals surface area contributed by atoms with Gasteiger partial charge >= 0.3 is 0 Å². The zero-order chi connectivity index (χ0) is 16.1. The third-order valence-electron chi connectivity index (χ3n) is 3.05. The molecule has 1 aromatic carbocycles. The smallest absolute Gasteiger partial charge is 0.250 e. The maximum atomic E-state index is 11.0. The van der Waals surface area contributed by atoms with E-state index in [9.17, 15) is 4.79 Å². The van der Waals surface area contributed by atoms with Crippen LogP contribution in [0.3, 0.4) is 0 Å². The lowest BCUT2D eigenvalue weighted by Gasteiger charge is -2.02. The standard InChI is InChI=1S/C17H15N3O3/c1-12(21)18-14-6-4-13(5-7-14)11-16-19-17(23-20-16)9-8-15-3-2-10-22-15/h2-10H,11H2,1H3,(H,18,21)/b9-8+. The molecule has 1 amide bonds. The van der Waals surface area contributed by atoms with Crippen molar-refractivity contribution >= 4 is 23.7 Å². The van der Waals surface area contributed by atoms with Gasteiger partial charge in [0.25, 0.3) is 5.89 Å². The Kier molecular flexibility index (Phi) is 4.33. The fourth-order valence-electron chi connectivity index (χ4n) is 2.04. The quantitative estimate of drug-likeness (QED) is 0.781. The molecular formula is C17H15N3O3. The van der Waals surface area contributed by atoms with Gasteiger partial charge in [0.15, 0.2) is 5.82 Å². The molecule has 6 nitrogen and oxygen atoms in total. The van der Waals surface area contributed by atoms with Crippen LogP contribution in [0.2, 0.25) is 0 Å². The largest absolute Gasteiger partial charge is 0.465 e. The van der Waals surface area contributed by atoms with E-state index in [1.807, 2.05) is 36.4 Å². The summed E-state index contributed by atoms with van der Waals surface area (Å²) >= 11 is 0. The normalized spacial score (nSPS) is 11.0. The van der Waals surface area contributed by atoms with Crippen LogP contribution in [0.25, 0.3) is 12.2 Å². The zero-order valence-electron chi connectivity index (χ0n) is 12.5. The number of rotatable bonds is 5. The van der Waals surface area contributed by atoms with Gasteiger partial charge in [-0.05, 0) is 35.9 Å². The molecule has 0 radical (unpaired) electrons. The van der Waals surface area contributed by atoms with E-state index in [1.54, 1.807) is 18.4 Å². The molecule has 0 aliphatic carbocycles. The summed E-state index contributed by atoms with van der Waals surface area (Å²) in [6, 6.07) is 11.2. The Balaban J connectivity index is 1.63. The van der Waals surface area contributed by atoms with Crippen molar-refractivity contribution in [3.05, 3.63) is 65.7 Å². The molecule has 3 rings (SSSR count). The monoisotopic (exact) mass is 309 g/mol. The summed E-state index contributed by atoms with van der Waals surface area (Å²) < 4.78 is 10.4. The fourth-order valence-corrected chi connectivity index (χ4v) is 2.04. The van der Waals surface area contributed by atoms with E-state index >= 15 is 0 Å².